The van der Waals surface area contributed by atoms with E-state index in [4.69, 9.17) is 0 Å². The van der Waals surface area contributed by atoms with Gasteiger partial charge in [0.15, 0.2) is 0 Å². The third-order valence-corrected chi connectivity index (χ3v) is 1.63. The summed E-state index contributed by atoms with van der Waals surface area (Å²) in [4.78, 5) is 0. The largest absolute Gasteiger partial charge is 0.311 e. The summed E-state index contributed by atoms with van der Waals surface area (Å²) in [5.41, 5.74) is 0. The Morgan fingerprint density at radius 1 is 1.67 bits per heavy atom. The van der Waals surface area contributed by atoms with E-state index >= 15 is 0 Å². The predicted octanol–water partition coefficient (Wildman–Crippen LogP) is 0.485. The first-order valence-electron chi connectivity index (χ1n) is 2.13. The van der Waals surface area contributed by atoms with Crippen LogP contribution in [0.5, 0.6) is 0 Å². The Bertz CT molecular complexity index is 23.0. The highest BCUT2D eigenvalue weighted by molar-refractivity contribution is 7.99. The highest BCUT2D eigenvalue weighted by atomic mass is 32.2. The fourth-order valence-corrected chi connectivity index (χ4v) is 1.10. The Balaban J connectivity index is 2.00. The molecule has 0 aromatic carbocycles. The summed E-state index contributed by atoms with van der Waals surface area (Å²) in [7, 11) is 0. The van der Waals surface area contributed by atoms with Crippen LogP contribution in [-0.2, 0) is 0 Å². The van der Waals surface area contributed by atoms with Crippen molar-refractivity contribution in [2.45, 2.75) is 0 Å². The van der Waals surface area contributed by atoms with E-state index in [1.807, 2.05) is 11.8 Å². The van der Waals surface area contributed by atoms with Crippen molar-refractivity contribution in [1.29, 1.82) is 0 Å². The number of nitrogens with one attached hydrogen (secondary N) is 1. The maximum atomic E-state index is 3.14. The zero-order valence-corrected chi connectivity index (χ0v) is 4.42. The van der Waals surface area contributed by atoms with Crippen molar-refractivity contribution < 1.29 is 0 Å². The Morgan fingerprint density at radius 2 is 2.67 bits per heavy atom. The second-order valence-electron chi connectivity index (χ2n) is 1.23. The van der Waals surface area contributed by atoms with Crippen molar-refractivity contribution in [2.24, 2.45) is 0 Å². The first kappa shape index (κ1) is 4.47. The maximum absolute atomic E-state index is 3.14. The van der Waals surface area contributed by atoms with Crippen LogP contribution < -0.4 is 5.32 Å². The smallest absolute Gasteiger partial charge is 0.0320 e. The number of thioether (sulfide) groups is 1. The van der Waals surface area contributed by atoms with Crippen LogP contribution in [0.15, 0.2) is 0 Å². The van der Waals surface area contributed by atoms with Crippen LogP contribution in [0.4, 0.5) is 0 Å². The molecule has 0 spiro atoms. The van der Waals surface area contributed by atoms with Gasteiger partial charge in [-0.3, -0.25) is 0 Å². The normalized spacial score (nSPS) is 24.0. The Kier molecular flexibility index (Phi) is 1.85. The van der Waals surface area contributed by atoms with Gasteiger partial charge < -0.3 is 5.32 Å². The van der Waals surface area contributed by atoms with Crippen LogP contribution in [0.2, 0.25) is 0 Å². The minimum atomic E-state index is 1.16. The monoisotopic (exact) mass is 102 g/mol. The van der Waals surface area contributed by atoms with Gasteiger partial charge in [-0.15, -0.1) is 0 Å². The highest BCUT2D eigenvalue weighted by Crippen LogP contribution is 2.02. The quantitative estimate of drug-likeness (QED) is 0.477. The predicted molar refractivity (Wildman–Crippen MR) is 29.6 cm³/mol. The van der Waals surface area contributed by atoms with Crippen molar-refractivity contribution >= 4 is 11.8 Å². The lowest BCUT2D eigenvalue weighted by atomic mass is 10.6. The lowest BCUT2D eigenvalue weighted by Crippen LogP contribution is -2.19. The number of hydrogen-bond donors (Lipinski definition) is 1. The molecule has 1 radical (unpaired) electrons. The van der Waals surface area contributed by atoms with Crippen LogP contribution in [0.3, 0.4) is 0 Å². The lowest BCUT2D eigenvalue weighted by Gasteiger charge is -2.07. The summed E-state index contributed by atoms with van der Waals surface area (Å²) in [5, 5.41) is 3.14. The molecule has 1 rings (SSSR count). The summed E-state index contributed by atoms with van der Waals surface area (Å²) in [5.74, 6) is 2.45. The van der Waals surface area contributed by atoms with Crippen LogP contribution >= 0.6 is 11.8 Å². The molecule has 35 valence electrons. The summed E-state index contributed by atoms with van der Waals surface area (Å²) >= 11 is 1.98. The van der Waals surface area contributed by atoms with E-state index in [-0.39, 0.29) is 0 Å². The van der Waals surface area contributed by atoms with Crippen LogP contribution in [0, 0.1) is 6.54 Å². The average Bonchev–Trinajstić information content (AvgIpc) is 1.72. The van der Waals surface area contributed by atoms with Crippen LogP contribution in [-0.4, -0.2) is 18.1 Å². The molecule has 0 bridgehead atoms. The topological polar surface area (TPSA) is 12.0 Å². The molecular weight excluding hydrogens is 94.1 g/mol. The van der Waals surface area contributed by atoms with Gasteiger partial charge >= 0.3 is 0 Å². The molecule has 1 N–H and O–H groups in total. The Hall–Kier alpha value is 0.310. The molecule has 0 aromatic heterocycles. The maximum Gasteiger partial charge on any atom is 0.0320 e. The van der Waals surface area contributed by atoms with E-state index in [1.54, 1.807) is 0 Å². The van der Waals surface area contributed by atoms with Gasteiger partial charge in [-0.2, -0.15) is 11.8 Å². The molecule has 0 saturated carbocycles. The van der Waals surface area contributed by atoms with E-state index in [0.29, 0.717) is 0 Å². The fourth-order valence-electron chi connectivity index (χ4n) is 0.434. The van der Waals surface area contributed by atoms with Gasteiger partial charge in [0, 0.05) is 24.6 Å². The van der Waals surface area contributed by atoms with Gasteiger partial charge in [-0.1, -0.05) is 0 Å². The van der Waals surface area contributed by atoms with E-state index in [9.17, 15) is 0 Å². The van der Waals surface area contributed by atoms with Crippen molar-refractivity contribution in [3.05, 3.63) is 6.54 Å². The second kappa shape index (κ2) is 2.48. The van der Waals surface area contributed by atoms with Crippen molar-refractivity contribution in [3.63, 3.8) is 0 Å². The van der Waals surface area contributed by atoms with Gasteiger partial charge in [-0.25, -0.2) is 0 Å². The molecule has 1 saturated heterocycles. The summed E-state index contributed by atoms with van der Waals surface area (Å²) < 4.78 is 0. The molecule has 0 aliphatic carbocycles. The first-order valence-corrected chi connectivity index (χ1v) is 3.28. The molecule has 1 nitrogen and oxygen atoms in total. The molecule has 1 fully saturated rings. The molecule has 1 aliphatic rings. The van der Waals surface area contributed by atoms with Crippen LogP contribution in [0.1, 0.15) is 0 Å². The average molecular weight is 102 g/mol. The van der Waals surface area contributed by atoms with E-state index in [2.05, 4.69) is 11.9 Å². The van der Waals surface area contributed by atoms with E-state index in [0.717, 1.165) is 6.54 Å². The minimum Gasteiger partial charge on any atom is -0.311 e. The molecule has 6 heavy (non-hydrogen) atoms. The molecule has 2 heteroatoms. The first-order chi connectivity index (χ1) is 3.00. The highest BCUT2D eigenvalue weighted by Gasteiger charge is 1.94. The van der Waals surface area contributed by atoms with Gasteiger partial charge in [-0.05, 0) is 0 Å². The van der Waals surface area contributed by atoms with Crippen molar-refractivity contribution in [1.82, 2.24) is 5.32 Å². The fraction of sp³-hybridized carbons (Fsp3) is 0.750. The molecule has 0 amide bonds. The van der Waals surface area contributed by atoms with Crippen LogP contribution in [0.25, 0.3) is 0 Å². The van der Waals surface area contributed by atoms with E-state index in [1.165, 1.54) is 11.5 Å². The third-order valence-electron chi connectivity index (χ3n) is 0.736. The molecule has 0 unspecified atom stereocenters. The van der Waals surface area contributed by atoms with Gasteiger partial charge in [0.1, 0.15) is 0 Å². The summed E-state index contributed by atoms with van der Waals surface area (Å²) in [6, 6.07) is 0. The van der Waals surface area contributed by atoms with E-state index < -0.39 is 0 Å². The molecule has 0 aromatic rings. The zero-order valence-electron chi connectivity index (χ0n) is 3.61. The number of rotatable bonds is 0. The van der Waals surface area contributed by atoms with Gasteiger partial charge in [0.2, 0.25) is 0 Å². The second-order valence-corrected chi connectivity index (χ2v) is 2.38. The molecule has 1 aliphatic heterocycles. The van der Waals surface area contributed by atoms with Crippen molar-refractivity contribution in [2.75, 3.05) is 18.1 Å². The van der Waals surface area contributed by atoms with Gasteiger partial charge in [0.25, 0.3) is 0 Å². The van der Waals surface area contributed by atoms with Gasteiger partial charge in [0.05, 0.1) is 0 Å². The molecule has 0 atom stereocenters. The molecule has 1 heterocycles. The SMILES string of the molecule is [CH]1CSCCN1. The zero-order chi connectivity index (χ0) is 4.24. The minimum absolute atomic E-state index is 1.16. The number of hydrogen-bond acceptors (Lipinski definition) is 2. The Morgan fingerprint density at radius 3 is 2.83 bits per heavy atom. The Labute approximate surface area is 42.5 Å². The summed E-state index contributed by atoms with van der Waals surface area (Å²) in [6.45, 7) is 3.26. The standard InChI is InChI=1S/C4H8NS/c1-3-6-4-2-5-1/h1,5H,2-4H2. The third kappa shape index (κ3) is 1.19. The lowest BCUT2D eigenvalue weighted by molar-refractivity contribution is 0.842. The summed E-state index contributed by atoms with van der Waals surface area (Å²) in [6.07, 6.45) is 0. The molecular formula is C4H8NS. The van der Waals surface area contributed by atoms with Crippen molar-refractivity contribution in [3.8, 4) is 0 Å².